The van der Waals surface area contributed by atoms with Crippen molar-refractivity contribution in [2.75, 3.05) is 13.1 Å². The van der Waals surface area contributed by atoms with Gasteiger partial charge in [0.1, 0.15) is 0 Å². The van der Waals surface area contributed by atoms with Gasteiger partial charge in [0.2, 0.25) is 5.91 Å². The van der Waals surface area contributed by atoms with E-state index in [0.29, 0.717) is 13.0 Å². The summed E-state index contributed by atoms with van der Waals surface area (Å²) in [7, 11) is 0. The molecule has 1 heterocycles. The van der Waals surface area contributed by atoms with Crippen LogP contribution in [0.25, 0.3) is 0 Å². The highest BCUT2D eigenvalue weighted by molar-refractivity contribution is 5.77. The zero-order valence-electron chi connectivity index (χ0n) is 8.83. The summed E-state index contributed by atoms with van der Waals surface area (Å²) in [4.78, 5) is 13.3. The zero-order chi connectivity index (χ0) is 10.4. The minimum absolute atomic E-state index is 0.0642. The van der Waals surface area contributed by atoms with E-state index in [0.717, 1.165) is 19.4 Å². The molecule has 0 aromatic carbocycles. The molecule has 3 heteroatoms. The Balaban J connectivity index is 2.33. The van der Waals surface area contributed by atoms with Crippen LogP contribution in [0.3, 0.4) is 0 Å². The van der Waals surface area contributed by atoms with E-state index in [9.17, 15) is 4.79 Å². The first kappa shape index (κ1) is 11.0. The van der Waals surface area contributed by atoms with Crippen molar-refractivity contribution in [3.05, 3.63) is 0 Å². The number of piperidine rings is 1. The summed E-state index contributed by atoms with van der Waals surface area (Å²) in [6.07, 6.45) is 4.72. The molecule has 0 aliphatic carbocycles. The Morgan fingerprint density at radius 2 is 2.36 bits per heavy atom. The number of carbonyl (C=O) groups is 1. The maximum Gasteiger partial charge on any atom is 0.222 e. The van der Waals surface area contributed by atoms with Crippen LogP contribution in [0.5, 0.6) is 0 Å². The third-order valence-electron chi connectivity index (χ3n) is 2.71. The van der Waals surface area contributed by atoms with Gasteiger partial charge >= 0.3 is 0 Å². The van der Waals surface area contributed by atoms with Crippen molar-refractivity contribution >= 4 is 5.91 Å². The second-order valence-electron chi connectivity index (χ2n) is 3.91. The standard InChI is InChI=1S/C11H18N2O/c1-2-3-4-7-13-9-10(8-12)5-6-11(13)14/h10H,2-7,9H2,1H3. The summed E-state index contributed by atoms with van der Waals surface area (Å²) < 4.78 is 0. The summed E-state index contributed by atoms with van der Waals surface area (Å²) in [6, 6.07) is 2.25. The maximum atomic E-state index is 11.5. The Morgan fingerprint density at radius 1 is 1.57 bits per heavy atom. The molecule has 0 radical (unpaired) electrons. The second-order valence-corrected chi connectivity index (χ2v) is 3.91. The van der Waals surface area contributed by atoms with Crippen LogP contribution in [-0.4, -0.2) is 23.9 Å². The number of nitrogens with zero attached hydrogens (tertiary/aromatic N) is 2. The molecule has 1 amide bonds. The Bertz CT molecular complexity index is 232. The van der Waals surface area contributed by atoms with Crippen molar-refractivity contribution < 1.29 is 4.79 Å². The molecule has 0 bridgehead atoms. The molecular weight excluding hydrogens is 176 g/mol. The van der Waals surface area contributed by atoms with E-state index in [1.165, 1.54) is 12.8 Å². The summed E-state index contributed by atoms with van der Waals surface area (Å²) in [5, 5.41) is 8.78. The topological polar surface area (TPSA) is 44.1 Å². The first-order chi connectivity index (χ1) is 6.77. The lowest BCUT2D eigenvalue weighted by Crippen LogP contribution is -2.40. The predicted octanol–water partition coefficient (Wildman–Crippen LogP) is 1.94. The van der Waals surface area contributed by atoms with Crippen molar-refractivity contribution in [3.8, 4) is 6.07 Å². The number of carbonyl (C=O) groups excluding carboxylic acids is 1. The van der Waals surface area contributed by atoms with Crippen molar-refractivity contribution in [3.63, 3.8) is 0 Å². The quantitative estimate of drug-likeness (QED) is 0.642. The average molecular weight is 194 g/mol. The van der Waals surface area contributed by atoms with Crippen molar-refractivity contribution in [2.24, 2.45) is 5.92 Å². The lowest BCUT2D eigenvalue weighted by Gasteiger charge is -2.29. The Labute approximate surface area is 85.7 Å². The van der Waals surface area contributed by atoms with Crippen LogP contribution in [-0.2, 0) is 4.79 Å². The molecule has 1 aliphatic rings. The summed E-state index contributed by atoms with van der Waals surface area (Å²) in [5.41, 5.74) is 0. The van der Waals surface area contributed by atoms with Crippen molar-refractivity contribution in [2.45, 2.75) is 39.0 Å². The van der Waals surface area contributed by atoms with E-state index in [1.807, 2.05) is 4.90 Å². The molecule has 0 aromatic heterocycles. The third kappa shape index (κ3) is 3.02. The lowest BCUT2D eigenvalue weighted by molar-refractivity contribution is -0.134. The van der Waals surface area contributed by atoms with Crippen molar-refractivity contribution in [1.29, 1.82) is 5.26 Å². The average Bonchev–Trinajstić information content (AvgIpc) is 2.21. The molecule has 1 rings (SSSR count). The summed E-state index contributed by atoms with van der Waals surface area (Å²) in [6.45, 7) is 3.64. The minimum Gasteiger partial charge on any atom is -0.341 e. The number of rotatable bonds is 4. The number of hydrogen-bond acceptors (Lipinski definition) is 2. The number of nitriles is 1. The summed E-state index contributed by atoms with van der Waals surface area (Å²) >= 11 is 0. The monoisotopic (exact) mass is 194 g/mol. The van der Waals surface area contributed by atoms with E-state index in [2.05, 4.69) is 13.0 Å². The third-order valence-corrected chi connectivity index (χ3v) is 2.71. The lowest BCUT2D eigenvalue weighted by atomic mass is 9.99. The van der Waals surface area contributed by atoms with Gasteiger partial charge in [0.05, 0.1) is 12.0 Å². The zero-order valence-corrected chi connectivity index (χ0v) is 8.83. The molecule has 0 spiro atoms. The molecule has 1 fully saturated rings. The molecule has 1 atom stereocenters. The smallest absolute Gasteiger partial charge is 0.222 e. The van der Waals surface area contributed by atoms with Crippen LogP contribution in [0.15, 0.2) is 0 Å². The highest BCUT2D eigenvalue weighted by Gasteiger charge is 2.24. The first-order valence-corrected chi connectivity index (χ1v) is 5.45. The fourth-order valence-electron chi connectivity index (χ4n) is 1.79. The number of amides is 1. The van der Waals surface area contributed by atoms with E-state index in [-0.39, 0.29) is 11.8 Å². The van der Waals surface area contributed by atoms with Crippen LogP contribution < -0.4 is 0 Å². The van der Waals surface area contributed by atoms with Gasteiger partial charge in [-0.1, -0.05) is 19.8 Å². The SMILES string of the molecule is CCCCCN1CC(C#N)CCC1=O. The molecular formula is C11H18N2O. The van der Waals surface area contributed by atoms with E-state index in [1.54, 1.807) is 0 Å². The molecule has 1 saturated heterocycles. The van der Waals surface area contributed by atoms with Gasteiger partial charge in [-0.2, -0.15) is 5.26 Å². The molecule has 14 heavy (non-hydrogen) atoms. The molecule has 78 valence electrons. The Kier molecular flexibility index (Phi) is 4.45. The predicted molar refractivity (Wildman–Crippen MR) is 54.4 cm³/mol. The van der Waals surface area contributed by atoms with Crippen molar-refractivity contribution in [1.82, 2.24) is 4.90 Å². The van der Waals surface area contributed by atoms with Gasteiger partial charge in [0.25, 0.3) is 0 Å². The number of likely N-dealkylation sites (tertiary alicyclic amines) is 1. The van der Waals surface area contributed by atoms with Gasteiger partial charge in [0, 0.05) is 19.5 Å². The fraction of sp³-hybridized carbons (Fsp3) is 0.818. The van der Waals surface area contributed by atoms with Crippen LogP contribution in [0.2, 0.25) is 0 Å². The van der Waals surface area contributed by atoms with Crippen LogP contribution in [0.4, 0.5) is 0 Å². The van der Waals surface area contributed by atoms with E-state index >= 15 is 0 Å². The van der Waals surface area contributed by atoms with Crippen LogP contribution in [0.1, 0.15) is 39.0 Å². The molecule has 1 aliphatic heterocycles. The molecule has 3 nitrogen and oxygen atoms in total. The summed E-state index contributed by atoms with van der Waals surface area (Å²) in [5.74, 6) is 0.293. The van der Waals surface area contributed by atoms with Gasteiger partial charge in [-0.05, 0) is 12.8 Å². The van der Waals surface area contributed by atoms with Gasteiger partial charge in [-0.3, -0.25) is 4.79 Å². The Hall–Kier alpha value is -1.04. The van der Waals surface area contributed by atoms with Gasteiger partial charge in [-0.25, -0.2) is 0 Å². The second kappa shape index (κ2) is 5.64. The maximum absolute atomic E-state index is 11.5. The van der Waals surface area contributed by atoms with E-state index < -0.39 is 0 Å². The minimum atomic E-state index is 0.0642. The molecule has 0 aromatic rings. The van der Waals surface area contributed by atoms with Gasteiger partial charge in [0.15, 0.2) is 0 Å². The molecule has 0 N–H and O–H groups in total. The first-order valence-electron chi connectivity index (χ1n) is 5.45. The normalized spacial score (nSPS) is 22.1. The van der Waals surface area contributed by atoms with E-state index in [4.69, 9.17) is 5.26 Å². The highest BCUT2D eigenvalue weighted by Crippen LogP contribution is 2.17. The van der Waals surface area contributed by atoms with Gasteiger partial charge in [-0.15, -0.1) is 0 Å². The largest absolute Gasteiger partial charge is 0.341 e. The number of unbranched alkanes of at least 4 members (excludes halogenated alkanes) is 2. The molecule has 1 unspecified atom stereocenters. The van der Waals surface area contributed by atoms with Crippen LogP contribution in [0, 0.1) is 17.2 Å². The number of hydrogen-bond donors (Lipinski definition) is 0. The molecule has 0 saturated carbocycles. The Morgan fingerprint density at radius 3 is 3.00 bits per heavy atom. The fourth-order valence-corrected chi connectivity index (χ4v) is 1.79. The highest BCUT2D eigenvalue weighted by atomic mass is 16.2. The van der Waals surface area contributed by atoms with Gasteiger partial charge < -0.3 is 4.90 Å². The van der Waals surface area contributed by atoms with Crippen LogP contribution >= 0.6 is 0 Å².